The minimum Gasteiger partial charge on any atom is -0.375 e. The third-order valence-electron chi connectivity index (χ3n) is 3.20. The topological polar surface area (TPSA) is 41.6 Å². The standard InChI is InChI=1S/C12H20N2O2/c1-10-2-5-14(6-3-10)12(15)8-11-9-13-4-7-16-11/h2,11,13H,3-9H2,1H3. The molecule has 1 fully saturated rings. The van der Waals surface area contributed by atoms with Gasteiger partial charge in [0.15, 0.2) is 0 Å². The van der Waals surface area contributed by atoms with Crippen LogP contribution in [0, 0.1) is 0 Å². The minimum atomic E-state index is 0.0632. The second kappa shape index (κ2) is 5.46. The highest BCUT2D eigenvalue weighted by atomic mass is 16.5. The van der Waals surface area contributed by atoms with Gasteiger partial charge in [0.1, 0.15) is 0 Å². The van der Waals surface area contributed by atoms with E-state index >= 15 is 0 Å². The summed E-state index contributed by atoms with van der Waals surface area (Å²) < 4.78 is 5.54. The lowest BCUT2D eigenvalue weighted by molar-refractivity contribution is -0.134. The van der Waals surface area contributed by atoms with Gasteiger partial charge in [0, 0.05) is 26.2 Å². The van der Waals surface area contributed by atoms with Crippen LogP contribution in [0.15, 0.2) is 11.6 Å². The predicted molar refractivity (Wildman–Crippen MR) is 62.2 cm³/mol. The monoisotopic (exact) mass is 224 g/mol. The molecule has 1 unspecified atom stereocenters. The second-order valence-corrected chi connectivity index (χ2v) is 4.54. The van der Waals surface area contributed by atoms with Gasteiger partial charge in [-0.05, 0) is 13.3 Å². The smallest absolute Gasteiger partial charge is 0.225 e. The number of ether oxygens (including phenoxy) is 1. The molecule has 1 atom stereocenters. The molecule has 0 aromatic rings. The van der Waals surface area contributed by atoms with Gasteiger partial charge in [-0.1, -0.05) is 11.6 Å². The summed E-state index contributed by atoms with van der Waals surface area (Å²) >= 11 is 0. The number of nitrogens with zero attached hydrogens (tertiary/aromatic N) is 1. The lowest BCUT2D eigenvalue weighted by Gasteiger charge is -2.29. The van der Waals surface area contributed by atoms with Crippen LogP contribution >= 0.6 is 0 Å². The molecule has 0 aromatic heterocycles. The molecule has 90 valence electrons. The van der Waals surface area contributed by atoms with Gasteiger partial charge in [0.05, 0.1) is 19.1 Å². The number of nitrogens with one attached hydrogen (secondary N) is 1. The highest BCUT2D eigenvalue weighted by Crippen LogP contribution is 2.12. The summed E-state index contributed by atoms with van der Waals surface area (Å²) in [5.74, 6) is 0.220. The fraction of sp³-hybridized carbons (Fsp3) is 0.750. The van der Waals surface area contributed by atoms with E-state index in [2.05, 4.69) is 18.3 Å². The van der Waals surface area contributed by atoms with Gasteiger partial charge < -0.3 is 15.0 Å². The van der Waals surface area contributed by atoms with E-state index in [-0.39, 0.29) is 12.0 Å². The number of hydrogen-bond donors (Lipinski definition) is 1. The lowest BCUT2D eigenvalue weighted by atomic mass is 10.1. The highest BCUT2D eigenvalue weighted by molar-refractivity contribution is 5.77. The van der Waals surface area contributed by atoms with Crippen molar-refractivity contribution in [3.8, 4) is 0 Å². The average Bonchev–Trinajstić information content (AvgIpc) is 2.31. The zero-order valence-corrected chi connectivity index (χ0v) is 9.87. The molecular formula is C12H20N2O2. The molecule has 2 aliphatic rings. The Kier molecular flexibility index (Phi) is 3.96. The Hall–Kier alpha value is -0.870. The van der Waals surface area contributed by atoms with Crippen LogP contribution in [0.25, 0.3) is 0 Å². The van der Waals surface area contributed by atoms with E-state index in [4.69, 9.17) is 4.74 Å². The summed E-state index contributed by atoms with van der Waals surface area (Å²) in [4.78, 5) is 13.9. The first-order valence-electron chi connectivity index (χ1n) is 6.01. The van der Waals surface area contributed by atoms with Crippen molar-refractivity contribution in [2.24, 2.45) is 0 Å². The SMILES string of the molecule is CC1=CCN(C(=O)CC2CNCCO2)CC1. The van der Waals surface area contributed by atoms with Crippen molar-refractivity contribution in [2.75, 3.05) is 32.8 Å². The maximum absolute atomic E-state index is 12.0. The van der Waals surface area contributed by atoms with Crippen LogP contribution in [0.5, 0.6) is 0 Å². The molecule has 1 saturated heterocycles. The van der Waals surface area contributed by atoms with Gasteiger partial charge in [0.2, 0.25) is 5.91 Å². The molecule has 1 N–H and O–H groups in total. The fourth-order valence-corrected chi connectivity index (χ4v) is 2.07. The molecule has 16 heavy (non-hydrogen) atoms. The number of carbonyl (C=O) groups is 1. The Morgan fingerprint density at radius 2 is 2.56 bits per heavy atom. The third kappa shape index (κ3) is 3.06. The molecule has 2 heterocycles. The second-order valence-electron chi connectivity index (χ2n) is 4.54. The minimum absolute atomic E-state index is 0.0632. The van der Waals surface area contributed by atoms with Crippen LogP contribution < -0.4 is 5.32 Å². The molecule has 4 heteroatoms. The van der Waals surface area contributed by atoms with Crippen molar-refractivity contribution in [1.82, 2.24) is 10.2 Å². The van der Waals surface area contributed by atoms with Crippen LogP contribution in [0.2, 0.25) is 0 Å². The van der Waals surface area contributed by atoms with Gasteiger partial charge >= 0.3 is 0 Å². The molecule has 1 amide bonds. The molecule has 0 aromatic carbocycles. The van der Waals surface area contributed by atoms with Gasteiger partial charge in [-0.3, -0.25) is 4.79 Å². The fourth-order valence-electron chi connectivity index (χ4n) is 2.07. The molecule has 2 rings (SSSR count). The zero-order valence-electron chi connectivity index (χ0n) is 9.87. The summed E-state index contributed by atoms with van der Waals surface area (Å²) in [6.07, 6.45) is 3.73. The molecular weight excluding hydrogens is 204 g/mol. The largest absolute Gasteiger partial charge is 0.375 e. The van der Waals surface area contributed by atoms with Crippen LogP contribution in [-0.2, 0) is 9.53 Å². The molecule has 2 aliphatic heterocycles. The highest BCUT2D eigenvalue weighted by Gasteiger charge is 2.22. The Morgan fingerprint density at radius 1 is 1.69 bits per heavy atom. The molecule has 0 bridgehead atoms. The predicted octanol–water partition coefficient (Wildman–Crippen LogP) is 0.543. The molecule has 0 saturated carbocycles. The quantitative estimate of drug-likeness (QED) is 0.696. The van der Waals surface area contributed by atoms with E-state index in [0.29, 0.717) is 6.42 Å². The van der Waals surface area contributed by atoms with E-state index in [1.807, 2.05) is 4.90 Å². The average molecular weight is 224 g/mol. The van der Waals surface area contributed by atoms with Crippen molar-refractivity contribution in [2.45, 2.75) is 25.9 Å². The summed E-state index contributed by atoms with van der Waals surface area (Å²) in [7, 11) is 0. The van der Waals surface area contributed by atoms with Crippen molar-refractivity contribution in [3.05, 3.63) is 11.6 Å². The van der Waals surface area contributed by atoms with E-state index < -0.39 is 0 Å². The summed E-state index contributed by atoms with van der Waals surface area (Å²) in [6, 6.07) is 0. The van der Waals surface area contributed by atoms with Gasteiger partial charge in [-0.2, -0.15) is 0 Å². The maximum Gasteiger partial charge on any atom is 0.225 e. The zero-order chi connectivity index (χ0) is 11.4. The summed E-state index contributed by atoms with van der Waals surface area (Å²) in [5.41, 5.74) is 1.39. The number of morpholine rings is 1. The first-order valence-corrected chi connectivity index (χ1v) is 6.01. The summed E-state index contributed by atoms with van der Waals surface area (Å²) in [5, 5.41) is 3.24. The summed E-state index contributed by atoms with van der Waals surface area (Å²) in [6.45, 7) is 6.17. The first-order chi connectivity index (χ1) is 7.75. The molecule has 0 spiro atoms. The van der Waals surface area contributed by atoms with E-state index in [9.17, 15) is 4.79 Å². The number of rotatable bonds is 2. The van der Waals surface area contributed by atoms with E-state index in [1.165, 1.54) is 5.57 Å². The lowest BCUT2D eigenvalue weighted by Crippen LogP contribution is -2.43. The van der Waals surface area contributed by atoms with Gasteiger partial charge in [0.25, 0.3) is 0 Å². The number of hydrogen-bond acceptors (Lipinski definition) is 3. The van der Waals surface area contributed by atoms with Crippen LogP contribution in [0.1, 0.15) is 19.8 Å². The molecule has 4 nitrogen and oxygen atoms in total. The third-order valence-corrected chi connectivity index (χ3v) is 3.20. The van der Waals surface area contributed by atoms with Crippen LogP contribution in [0.4, 0.5) is 0 Å². The van der Waals surface area contributed by atoms with Crippen molar-refractivity contribution in [3.63, 3.8) is 0 Å². The Balaban J connectivity index is 1.79. The maximum atomic E-state index is 12.0. The first kappa shape index (κ1) is 11.6. The van der Waals surface area contributed by atoms with E-state index in [1.54, 1.807) is 0 Å². The van der Waals surface area contributed by atoms with Crippen LogP contribution in [-0.4, -0.2) is 49.7 Å². The number of carbonyl (C=O) groups excluding carboxylic acids is 1. The number of amides is 1. The Labute approximate surface area is 96.6 Å². The molecule has 0 aliphatic carbocycles. The van der Waals surface area contributed by atoms with Crippen molar-refractivity contribution >= 4 is 5.91 Å². The van der Waals surface area contributed by atoms with Crippen LogP contribution in [0.3, 0.4) is 0 Å². The normalized spacial score (nSPS) is 26.4. The van der Waals surface area contributed by atoms with Crippen molar-refractivity contribution in [1.29, 1.82) is 0 Å². The van der Waals surface area contributed by atoms with Gasteiger partial charge in [-0.25, -0.2) is 0 Å². The van der Waals surface area contributed by atoms with E-state index in [0.717, 1.165) is 39.2 Å². The Bertz CT molecular complexity index is 283. The van der Waals surface area contributed by atoms with Crippen molar-refractivity contribution < 1.29 is 9.53 Å². The van der Waals surface area contributed by atoms with Gasteiger partial charge in [-0.15, -0.1) is 0 Å². The Morgan fingerprint density at radius 3 is 3.19 bits per heavy atom. The molecule has 0 radical (unpaired) electrons.